The van der Waals surface area contributed by atoms with Crippen LogP contribution in [-0.2, 0) is 12.8 Å². The molecule has 0 nitrogen and oxygen atoms in total. The maximum absolute atomic E-state index is 3.18. The molecule has 0 aliphatic carbocycles. The molecule has 0 heterocycles. The van der Waals surface area contributed by atoms with Gasteiger partial charge in [0.1, 0.15) is 0 Å². The Kier molecular flexibility index (Phi) is 11.9. The molecule has 0 spiro atoms. The van der Waals surface area contributed by atoms with Crippen molar-refractivity contribution in [3.8, 4) is 23.7 Å². The van der Waals surface area contributed by atoms with E-state index in [1.54, 1.807) is 0 Å². The maximum atomic E-state index is 3.18. The zero-order valence-electron chi connectivity index (χ0n) is 18.8. The van der Waals surface area contributed by atoms with Gasteiger partial charge in [0.2, 0.25) is 0 Å². The first-order valence-corrected chi connectivity index (χ1v) is 11.7. The number of rotatable bonds is 10. The number of hydrogen-bond acceptors (Lipinski definition) is 0. The average Bonchev–Trinajstić information content (AvgIpc) is 2.78. The zero-order chi connectivity index (χ0) is 21.3. The van der Waals surface area contributed by atoms with Gasteiger partial charge < -0.3 is 0 Å². The maximum Gasteiger partial charge on any atom is 0.0249 e. The predicted molar refractivity (Wildman–Crippen MR) is 131 cm³/mol. The molecule has 0 aliphatic rings. The Morgan fingerprint density at radius 2 is 0.933 bits per heavy atom. The van der Waals surface area contributed by atoms with Crippen molar-refractivity contribution in [1.82, 2.24) is 0 Å². The number of benzene rings is 2. The van der Waals surface area contributed by atoms with E-state index in [0.717, 1.165) is 11.1 Å². The summed E-state index contributed by atoms with van der Waals surface area (Å²) in [7, 11) is 0. The van der Waals surface area contributed by atoms with E-state index >= 15 is 0 Å². The minimum absolute atomic E-state index is 1.06. The normalized spacial score (nSPS) is 10.3. The molecule has 0 bridgehead atoms. The molecule has 2 rings (SSSR count). The fourth-order valence-electron chi connectivity index (χ4n) is 3.35. The molecule has 30 heavy (non-hydrogen) atoms. The fraction of sp³-hybridized carbons (Fsp3) is 0.400. The minimum Gasteiger partial charge on any atom is -0.0689 e. The fourth-order valence-corrected chi connectivity index (χ4v) is 3.35. The Labute approximate surface area is 184 Å². The Hall–Kier alpha value is -2.70. The molecular weight excluding hydrogens is 360 g/mol. The van der Waals surface area contributed by atoms with Gasteiger partial charge in [0, 0.05) is 11.1 Å². The lowest BCUT2D eigenvalue weighted by Crippen LogP contribution is -1.86. The summed E-state index contributed by atoms with van der Waals surface area (Å²) in [4.78, 5) is 0. The van der Waals surface area contributed by atoms with Crippen LogP contribution in [0.3, 0.4) is 0 Å². The number of unbranched alkanes of at least 4 members (excludes halogenated alkanes) is 6. The summed E-state index contributed by atoms with van der Waals surface area (Å²) in [5.74, 6) is 12.5. The van der Waals surface area contributed by atoms with E-state index in [1.807, 2.05) is 12.2 Å². The van der Waals surface area contributed by atoms with Crippen LogP contribution in [0.25, 0.3) is 0 Å². The molecule has 0 unspecified atom stereocenters. The topological polar surface area (TPSA) is 0 Å². The van der Waals surface area contributed by atoms with E-state index in [-0.39, 0.29) is 0 Å². The molecule has 0 fully saturated rings. The molecule has 0 aliphatic heterocycles. The Bertz CT molecular complexity index is 783. The summed E-state index contributed by atoms with van der Waals surface area (Å²) in [5, 5.41) is 0. The van der Waals surface area contributed by atoms with Crippen LogP contribution in [0.2, 0.25) is 0 Å². The molecular formula is C30H36. The van der Waals surface area contributed by atoms with Crippen LogP contribution in [0.5, 0.6) is 0 Å². The smallest absolute Gasteiger partial charge is 0.0249 e. The van der Waals surface area contributed by atoms with Gasteiger partial charge in [0.15, 0.2) is 0 Å². The molecule has 0 saturated heterocycles. The minimum atomic E-state index is 1.06. The lowest BCUT2D eigenvalue weighted by atomic mass is 10.0. The van der Waals surface area contributed by atoms with Crippen molar-refractivity contribution >= 4 is 0 Å². The first-order chi connectivity index (χ1) is 14.8. The van der Waals surface area contributed by atoms with E-state index in [4.69, 9.17) is 0 Å². The van der Waals surface area contributed by atoms with Crippen molar-refractivity contribution in [3.63, 3.8) is 0 Å². The van der Waals surface area contributed by atoms with Gasteiger partial charge in [0.05, 0.1) is 0 Å². The first kappa shape index (κ1) is 23.6. The Balaban J connectivity index is 1.75. The highest BCUT2D eigenvalue weighted by molar-refractivity contribution is 5.42. The van der Waals surface area contributed by atoms with Crippen LogP contribution in [0.1, 0.15) is 87.5 Å². The van der Waals surface area contributed by atoms with Crippen molar-refractivity contribution in [1.29, 1.82) is 0 Å². The number of allylic oxidation sites excluding steroid dienone is 2. The second kappa shape index (κ2) is 15.2. The molecule has 0 radical (unpaired) electrons. The highest BCUT2D eigenvalue weighted by atomic mass is 14.0. The standard InChI is InChI=1S/C30H36/c1-3-5-7-11-15-27-19-23-29(24-20-27)17-13-9-10-14-18-30-25-21-28(22-26-30)16-12-8-6-4-2/h9-10,19-26H,3-8,11-12,15-16H2,1-2H3. The van der Waals surface area contributed by atoms with Crippen LogP contribution in [0.4, 0.5) is 0 Å². The summed E-state index contributed by atoms with van der Waals surface area (Å²) >= 11 is 0. The molecule has 156 valence electrons. The lowest BCUT2D eigenvalue weighted by Gasteiger charge is -2.01. The molecule has 0 atom stereocenters. The molecule has 0 saturated carbocycles. The lowest BCUT2D eigenvalue weighted by molar-refractivity contribution is 0.667. The van der Waals surface area contributed by atoms with Crippen molar-refractivity contribution in [3.05, 3.63) is 82.9 Å². The van der Waals surface area contributed by atoms with E-state index in [2.05, 4.69) is 86.1 Å². The third kappa shape index (κ3) is 10.2. The van der Waals surface area contributed by atoms with Crippen LogP contribution in [0, 0.1) is 23.7 Å². The summed E-state index contributed by atoms with van der Waals surface area (Å²) in [6, 6.07) is 17.3. The van der Waals surface area contributed by atoms with Gasteiger partial charge in [0.25, 0.3) is 0 Å². The van der Waals surface area contributed by atoms with Gasteiger partial charge in [-0.25, -0.2) is 0 Å². The van der Waals surface area contributed by atoms with Gasteiger partial charge in [-0.15, -0.1) is 0 Å². The van der Waals surface area contributed by atoms with Crippen LogP contribution in [-0.4, -0.2) is 0 Å². The van der Waals surface area contributed by atoms with Crippen LogP contribution >= 0.6 is 0 Å². The number of aryl methyl sites for hydroxylation is 2. The third-order valence-electron chi connectivity index (χ3n) is 5.23. The van der Waals surface area contributed by atoms with E-state index in [1.165, 1.54) is 75.3 Å². The summed E-state index contributed by atoms with van der Waals surface area (Å²) in [6.07, 6.45) is 16.5. The molecule has 2 aromatic carbocycles. The Morgan fingerprint density at radius 3 is 1.30 bits per heavy atom. The summed E-state index contributed by atoms with van der Waals surface area (Å²) in [6.45, 7) is 4.50. The highest BCUT2D eigenvalue weighted by Crippen LogP contribution is 2.10. The summed E-state index contributed by atoms with van der Waals surface area (Å²) in [5.41, 5.74) is 4.92. The van der Waals surface area contributed by atoms with Crippen molar-refractivity contribution < 1.29 is 0 Å². The zero-order valence-corrected chi connectivity index (χ0v) is 18.8. The van der Waals surface area contributed by atoms with Crippen molar-refractivity contribution in [2.24, 2.45) is 0 Å². The van der Waals surface area contributed by atoms with E-state index in [0.29, 0.717) is 0 Å². The molecule has 0 aromatic heterocycles. The van der Waals surface area contributed by atoms with Crippen LogP contribution in [0.15, 0.2) is 60.7 Å². The first-order valence-electron chi connectivity index (χ1n) is 11.7. The van der Waals surface area contributed by atoms with Crippen LogP contribution < -0.4 is 0 Å². The molecule has 2 aromatic rings. The van der Waals surface area contributed by atoms with Gasteiger partial charge >= 0.3 is 0 Å². The molecule has 0 amide bonds. The quantitative estimate of drug-likeness (QED) is 0.283. The predicted octanol–water partition coefficient (Wildman–Crippen LogP) is 7.89. The molecule has 0 N–H and O–H groups in total. The SMILES string of the molecule is CCCCCCc1ccc(C#CC=CC#Cc2ccc(CCCCCC)cc2)cc1. The van der Waals surface area contributed by atoms with E-state index in [9.17, 15) is 0 Å². The van der Waals surface area contributed by atoms with Crippen molar-refractivity contribution in [2.75, 3.05) is 0 Å². The van der Waals surface area contributed by atoms with Gasteiger partial charge in [-0.1, -0.05) is 100 Å². The molecule has 0 heteroatoms. The second-order valence-corrected chi connectivity index (χ2v) is 7.89. The average molecular weight is 397 g/mol. The monoisotopic (exact) mass is 396 g/mol. The number of hydrogen-bond donors (Lipinski definition) is 0. The van der Waals surface area contributed by atoms with E-state index < -0.39 is 0 Å². The van der Waals surface area contributed by atoms with Gasteiger partial charge in [-0.3, -0.25) is 0 Å². The Morgan fingerprint density at radius 1 is 0.533 bits per heavy atom. The summed E-state index contributed by atoms with van der Waals surface area (Å²) < 4.78 is 0. The highest BCUT2D eigenvalue weighted by Gasteiger charge is 1.94. The second-order valence-electron chi connectivity index (χ2n) is 7.89. The van der Waals surface area contributed by atoms with Gasteiger partial charge in [-0.05, 0) is 73.2 Å². The third-order valence-corrected chi connectivity index (χ3v) is 5.23. The van der Waals surface area contributed by atoms with Crippen molar-refractivity contribution in [2.45, 2.75) is 78.1 Å². The van der Waals surface area contributed by atoms with Gasteiger partial charge in [-0.2, -0.15) is 0 Å². The largest absolute Gasteiger partial charge is 0.0689 e.